The fourth-order valence-electron chi connectivity index (χ4n) is 3.54. The van der Waals surface area contributed by atoms with Crippen LogP contribution in [0.4, 0.5) is 5.69 Å². The maximum absolute atomic E-state index is 10.8. The third-order valence-electron chi connectivity index (χ3n) is 5.88. The molecule has 0 saturated heterocycles. The largest absolute Gasteiger partial charge is 0.492 e. The molecule has 1 aromatic carbocycles. The monoisotopic (exact) mass is 625 g/mol. The van der Waals surface area contributed by atoms with Crippen molar-refractivity contribution in [3.8, 4) is 11.9 Å². The van der Waals surface area contributed by atoms with Gasteiger partial charge in [-0.25, -0.2) is 4.79 Å². The number of carbonyl (C=O) groups is 3. The molecular weight excluding hydrogens is 582 g/mol. The summed E-state index contributed by atoms with van der Waals surface area (Å²) >= 11 is 0. The number of non-ortho nitro benzene ring substituents is 1. The highest BCUT2D eigenvalue weighted by Gasteiger charge is 2.40. The van der Waals surface area contributed by atoms with Crippen molar-refractivity contribution in [3.63, 3.8) is 0 Å². The minimum absolute atomic E-state index is 0.0250. The molecule has 0 aliphatic rings. The first kappa shape index (κ1) is 39.5. The van der Waals surface area contributed by atoms with Crippen molar-refractivity contribution < 1.29 is 44.5 Å². The Morgan fingerprint density at radius 3 is 1.77 bits per heavy atom. The summed E-state index contributed by atoms with van der Waals surface area (Å²) in [5.41, 5.74) is -2.71. The van der Waals surface area contributed by atoms with Crippen LogP contribution in [-0.2, 0) is 14.4 Å². The van der Waals surface area contributed by atoms with E-state index in [4.69, 9.17) is 25.2 Å². The lowest BCUT2D eigenvalue weighted by molar-refractivity contribution is -0.384. The normalized spacial score (nSPS) is 11.4. The van der Waals surface area contributed by atoms with E-state index in [-0.39, 0.29) is 11.7 Å². The number of hydrogen-bond donors (Lipinski definition) is 4. The summed E-state index contributed by atoms with van der Waals surface area (Å²) in [4.78, 5) is 53.4. The van der Waals surface area contributed by atoms with Crippen LogP contribution < -0.4 is 4.74 Å². The van der Waals surface area contributed by atoms with E-state index in [2.05, 4.69) is 38.4 Å². The number of likely N-dealkylation sites (N-methyl/N-ethyl adjacent to an activating group) is 2. The Balaban J connectivity index is 0.00000119. The number of nitro groups is 1. The summed E-state index contributed by atoms with van der Waals surface area (Å²) in [6.07, 6.45) is -0.332. The van der Waals surface area contributed by atoms with Gasteiger partial charge in [-0.15, -0.1) is 4.99 Å². The summed E-state index contributed by atoms with van der Waals surface area (Å²) in [5, 5.41) is 53.9. The molecule has 0 aromatic heterocycles. The van der Waals surface area contributed by atoms with Crippen LogP contribution in [0.25, 0.3) is 0 Å². The zero-order valence-corrected chi connectivity index (χ0v) is 25.9. The highest BCUT2D eigenvalue weighted by molar-refractivity contribution is 5.88. The number of nitro benzene ring substituents is 1. The Morgan fingerprint density at radius 1 is 0.955 bits per heavy atom. The molecule has 1 aromatic rings. The Morgan fingerprint density at radius 2 is 1.43 bits per heavy atom. The Hall–Kier alpha value is -4.53. The molecule has 0 atom stereocenters. The number of nitrogens with zero attached hydrogens (tertiary/aromatic N) is 7. The quantitative estimate of drug-likeness (QED) is 0.0613. The number of ether oxygens (including phenoxy) is 1. The van der Waals surface area contributed by atoms with Crippen LogP contribution >= 0.6 is 0 Å². The molecule has 17 nitrogen and oxygen atoms in total. The number of hydrogen-bond acceptors (Lipinski definition) is 11. The standard InChI is InChI=1S/C21H35N7O3.C6H8O7/c1-18(2)27(15-16-31-20-9-7-19(8-10-20)28(29)30)21(23-17-22)26(13-11-24(3)4)14-12-25(5)6;7-3(8)1-6(13,5(11)12)2-4(9)10/h7-10,18H,11-16H2,1-6H3;13H,1-2H2,(H,7,8)(H,9,10)(H,11,12)/b23-21-;. The molecule has 0 saturated carbocycles. The smallest absolute Gasteiger partial charge is 0.336 e. The maximum Gasteiger partial charge on any atom is 0.336 e. The average molecular weight is 626 g/mol. The molecule has 0 fully saturated rings. The molecular formula is C27H43N7O10. The molecule has 44 heavy (non-hydrogen) atoms. The van der Waals surface area contributed by atoms with Gasteiger partial charge >= 0.3 is 17.9 Å². The van der Waals surface area contributed by atoms with Gasteiger partial charge in [0.2, 0.25) is 12.2 Å². The average Bonchev–Trinajstić information content (AvgIpc) is 2.89. The first-order valence-corrected chi connectivity index (χ1v) is 13.5. The van der Waals surface area contributed by atoms with Gasteiger partial charge in [-0.1, -0.05) is 0 Å². The lowest BCUT2D eigenvalue weighted by Crippen LogP contribution is -2.52. The predicted molar refractivity (Wildman–Crippen MR) is 159 cm³/mol. The van der Waals surface area contributed by atoms with E-state index in [1.54, 1.807) is 12.1 Å². The second-order valence-corrected chi connectivity index (χ2v) is 10.5. The zero-order valence-electron chi connectivity index (χ0n) is 25.9. The molecule has 1 rings (SSSR count). The van der Waals surface area contributed by atoms with Crippen LogP contribution in [0.2, 0.25) is 0 Å². The van der Waals surface area contributed by atoms with Crippen molar-refractivity contribution in [2.24, 2.45) is 4.99 Å². The van der Waals surface area contributed by atoms with Gasteiger partial charge in [-0.05, 0) is 54.2 Å². The Bertz CT molecular complexity index is 1120. The van der Waals surface area contributed by atoms with E-state index in [0.717, 1.165) is 26.2 Å². The van der Waals surface area contributed by atoms with E-state index >= 15 is 0 Å². The first-order valence-electron chi connectivity index (χ1n) is 13.5. The third-order valence-corrected chi connectivity index (χ3v) is 5.88. The molecule has 246 valence electrons. The topological polar surface area (TPSA) is 234 Å². The molecule has 0 radical (unpaired) electrons. The number of benzene rings is 1. The van der Waals surface area contributed by atoms with Gasteiger partial charge in [0.15, 0.2) is 5.60 Å². The van der Waals surface area contributed by atoms with Gasteiger partial charge in [-0.2, -0.15) is 5.26 Å². The van der Waals surface area contributed by atoms with Crippen molar-refractivity contribution in [2.75, 3.05) is 67.5 Å². The lowest BCUT2D eigenvalue weighted by atomic mass is 9.96. The minimum atomic E-state index is -2.74. The summed E-state index contributed by atoms with van der Waals surface area (Å²) in [7, 11) is 8.07. The number of carboxylic acids is 3. The van der Waals surface area contributed by atoms with E-state index < -0.39 is 41.3 Å². The molecule has 0 bridgehead atoms. The number of aliphatic hydroxyl groups is 1. The SMILES string of the molecule is CC(C)N(CCOc1ccc([N+](=O)[O-])cc1)/C(=N\C#N)N(CCN(C)C)CCN(C)C.O=C(O)CC(O)(CC(=O)O)C(=O)O. The lowest BCUT2D eigenvalue weighted by Gasteiger charge is -2.37. The molecule has 4 N–H and O–H groups in total. The van der Waals surface area contributed by atoms with Crippen LogP contribution in [0.5, 0.6) is 5.75 Å². The number of rotatable bonds is 17. The Labute approximate surface area is 256 Å². The van der Waals surface area contributed by atoms with Gasteiger partial charge in [0.1, 0.15) is 12.4 Å². The van der Waals surface area contributed by atoms with Crippen LogP contribution in [0.3, 0.4) is 0 Å². The van der Waals surface area contributed by atoms with Crippen LogP contribution in [0, 0.1) is 21.6 Å². The molecule has 0 unspecified atom stereocenters. The molecule has 0 spiro atoms. The van der Waals surface area contributed by atoms with E-state index in [1.807, 2.05) is 34.4 Å². The van der Waals surface area contributed by atoms with E-state index in [0.29, 0.717) is 24.9 Å². The fourth-order valence-corrected chi connectivity index (χ4v) is 3.54. The molecule has 0 heterocycles. The minimum Gasteiger partial charge on any atom is -0.492 e. The summed E-state index contributed by atoms with van der Waals surface area (Å²) in [6.45, 7) is 8.14. The second-order valence-electron chi connectivity index (χ2n) is 10.5. The summed E-state index contributed by atoms with van der Waals surface area (Å²) < 4.78 is 5.79. The predicted octanol–water partition coefficient (Wildman–Crippen LogP) is 0.698. The van der Waals surface area contributed by atoms with Crippen molar-refractivity contribution in [1.29, 1.82) is 5.26 Å². The molecule has 17 heteroatoms. The van der Waals surface area contributed by atoms with Crippen molar-refractivity contribution in [1.82, 2.24) is 19.6 Å². The fraction of sp³-hybridized carbons (Fsp3) is 0.593. The zero-order chi connectivity index (χ0) is 34.0. The number of nitriles is 1. The van der Waals surface area contributed by atoms with Crippen molar-refractivity contribution in [3.05, 3.63) is 34.4 Å². The highest BCUT2D eigenvalue weighted by Crippen LogP contribution is 2.18. The highest BCUT2D eigenvalue weighted by atomic mass is 16.6. The van der Waals surface area contributed by atoms with Gasteiger partial charge in [0, 0.05) is 44.4 Å². The van der Waals surface area contributed by atoms with E-state index in [1.165, 1.54) is 12.1 Å². The number of aliphatic carboxylic acids is 3. The maximum atomic E-state index is 10.8. The van der Waals surface area contributed by atoms with Crippen LogP contribution in [0.15, 0.2) is 29.3 Å². The molecule has 0 aliphatic heterocycles. The van der Waals surface area contributed by atoms with Crippen molar-refractivity contribution in [2.45, 2.75) is 38.3 Å². The first-order chi connectivity index (χ1) is 20.4. The molecule has 0 amide bonds. The summed E-state index contributed by atoms with van der Waals surface area (Å²) in [6, 6.07) is 6.12. The van der Waals surface area contributed by atoms with Gasteiger partial charge < -0.3 is 44.8 Å². The van der Waals surface area contributed by atoms with Crippen molar-refractivity contribution >= 4 is 29.6 Å². The van der Waals surface area contributed by atoms with Crippen LogP contribution in [-0.4, -0.2) is 148 Å². The van der Waals surface area contributed by atoms with Gasteiger partial charge in [0.25, 0.3) is 5.69 Å². The van der Waals surface area contributed by atoms with Gasteiger partial charge in [0.05, 0.1) is 24.3 Å². The van der Waals surface area contributed by atoms with Crippen LogP contribution in [0.1, 0.15) is 26.7 Å². The van der Waals surface area contributed by atoms with E-state index in [9.17, 15) is 29.8 Å². The number of aliphatic imine (C=N–C) groups is 1. The number of carboxylic acid groups (broad SMARTS) is 3. The second kappa shape index (κ2) is 19.6. The number of guanidine groups is 1. The Kier molecular flexibility index (Phi) is 17.6. The molecule has 0 aliphatic carbocycles. The van der Waals surface area contributed by atoms with Gasteiger partial charge in [-0.3, -0.25) is 19.7 Å². The summed E-state index contributed by atoms with van der Waals surface area (Å²) in [5.74, 6) is -3.83. The third kappa shape index (κ3) is 15.6.